The van der Waals surface area contributed by atoms with Crippen molar-refractivity contribution in [3.05, 3.63) is 29.8 Å². The molecule has 5 nitrogen and oxygen atoms in total. The number of hydrogen-bond acceptors (Lipinski definition) is 3. The maximum Gasteiger partial charge on any atom is 0.144 e. The maximum absolute atomic E-state index is 10.5. The summed E-state index contributed by atoms with van der Waals surface area (Å²) in [6.45, 7) is 6.62. The van der Waals surface area contributed by atoms with E-state index in [0.29, 0.717) is 17.9 Å². The van der Waals surface area contributed by atoms with E-state index in [0.717, 1.165) is 0 Å². The number of nitrogens with zero attached hydrogens (tertiary/aromatic N) is 1. The van der Waals surface area contributed by atoms with Gasteiger partial charge in [-0.1, -0.05) is 32.9 Å². The summed E-state index contributed by atoms with van der Waals surface area (Å²) in [5.74, 6) is 0.451. The third-order valence-electron chi connectivity index (χ3n) is 2.00. The van der Waals surface area contributed by atoms with Crippen molar-refractivity contribution >= 4 is 17.1 Å². The van der Waals surface area contributed by atoms with Gasteiger partial charge in [0.25, 0.3) is 0 Å². The number of amidine groups is 1. The smallest absolute Gasteiger partial charge is 0.144 e. The highest BCUT2D eigenvalue weighted by Crippen LogP contribution is 2.21. The van der Waals surface area contributed by atoms with Crippen molar-refractivity contribution in [2.45, 2.75) is 20.8 Å². The monoisotopic (exact) mass is 269 g/mol. The van der Waals surface area contributed by atoms with E-state index in [1.54, 1.807) is 24.3 Å². The van der Waals surface area contributed by atoms with Crippen LogP contribution in [0.3, 0.4) is 0 Å². The average molecular weight is 269 g/mol. The number of nitrogens with two attached hydrogens (primary N) is 1. The number of hydrogen-bond donors (Lipinski definition) is 1. The third kappa shape index (κ3) is 4.85. The molecule has 0 bridgehead atoms. The molecule has 1 rings (SSSR count). The van der Waals surface area contributed by atoms with Crippen molar-refractivity contribution in [3.63, 3.8) is 0 Å². The van der Waals surface area contributed by atoms with Crippen LogP contribution in [0.4, 0.5) is 0 Å². The molecular formula is C12H17N2O3S-. The molecule has 0 radical (unpaired) electrons. The van der Waals surface area contributed by atoms with Crippen molar-refractivity contribution in [2.75, 3.05) is 6.61 Å². The zero-order chi connectivity index (χ0) is 13.8. The van der Waals surface area contributed by atoms with Gasteiger partial charge in [-0.05, 0) is 17.5 Å². The standard InChI is InChI=1S/C12H18N2O3S/c1-12(2,3)8-17-10-7-5-4-6-9(10)11(13)14-18(15)16/h4-7H,8H2,1-3H3,(H2,13,14)(H,15,16)/p-1. The molecule has 100 valence electrons. The van der Waals surface area contributed by atoms with Crippen molar-refractivity contribution in [1.29, 1.82) is 0 Å². The Bertz CT molecular complexity index is 467. The van der Waals surface area contributed by atoms with Gasteiger partial charge in [-0.3, -0.25) is 4.21 Å². The van der Waals surface area contributed by atoms with Gasteiger partial charge in [0.1, 0.15) is 11.6 Å². The molecule has 0 aliphatic carbocycles. The SMILES string of the molecule is CC(C)(C)COc1ccccc1C(N)=NS(=O)[O-]. The lowest BCUT2D eigenvalue weighted by Gasteiger charge is -2.20. The second kappa shape index (κ2) is 5.97. The van der Waals surface area contributed by atoms with Crippen LogP contribution in [-0.2, 0) is 11.3 Å². The van der Waals surface area contributed by atoms with E-state index in [2.05, 4.69) is 4.40 Å². The minimum absolute atomic E-state index is 0.000367. The molecule has 0 fully saturated rings. The van der Waals surface area contributed by atoms with Gasteiger partial charge in [-0.2, -0.15) is 4.40 Å². The first-order chi connectivity index (χ1) is 8.29. The molecule has 0 aliphatic heterocycles. The van der Waals surface area contributed by atoms with Crippen LogP contribution in [0.2, 0.25) is 0 Å². The van der Waals surface area contributed by atoms with Gasteiger partial charge in [-0.15, -0.1) is 0 Å². The fourth-order valence-electron chi connectivity index (χ4n) is 1.23. The van der Waals surface area contributed by atoms with Gasteiger partial charge in [0, 0.05) is 0 Å². The Morgan fingerprint density at radius 3 is 2.61 bits per heavy atom. The van der Waals surface area contributed by atoms with E-state index in [1.807, 2.05) is 20.8 Å². The molecule has 6 heteroatoms. The van der Waals surface area contributed by atoms with Crippen LogP contribution >= 0.6 is 0 Å². The predicted octanol–water partition coefficient (Wildman–Crippen LogP) is 1.61. The number of ether oxygens (including phenoxy) is 1. The summed E-state index contributed by atoms with van der Waals surface area (Å²) < 4.78 is 29.9. The highest BCUT2D eigenvalue weighted by molar-refractivity contribution is 7.77. The molecule has 0 saturated heterocycles. The summed E-state index contributed by atoms with van der Waals surface area (Å²) in [6.07, 6.45) is 0. The molecule has 18 heavy (non-hydrogen) atoms. The summed E-state index contributed by atoms with van der Waals surface area (Å²) in [5, 5.41) is 0. The highest BCUT2D eigenvalue weighted by Gasteiger charge is 2.13. The second-order valence-electron chi connectivity index (χ2n) is 5.04. The summed E-state index contributed by atoms with van der Waals surface area (Å²) in [6, 6.07) is 6.94. The first kappa shape index (κ1) is 14.7. The topological polar surface area (TPSA) is 87.7 Å². The minimum atomic E-state index is -2.57. The van der Waals surface area contributed by atoms with E-state index in [1.165, 1.54) is 0 Å². The summed E-state index contributed by atoms with van der Waals surface area (Å²) in [7, 11) is 0. The van der Waals surface area contributed by atoms with E-state index < -0.39 is 11.3 Å². The van der Waals surface area contributed by atoms with Crippen LogP contribution in [-0.4, -0.2) is 21.2 Å². The van der Waals surface area contributed by atoms with Gasteiger partial charge in [-0.25, -0.2) is 0 Å². The van der Waals surface area contributed by atoms with Gasteiger partial charge in [0.2, 0.25) is 0 Å². The lowest BCUT2D eigenvalue weighted by atomic mass is 9.98. The van der Waals surface area contributed by atoms with Crippen LogP contribution in [0.1, 0.15) is 26.3 Å². The Kier molecular flexibility index (Phi) is 4.86. The van der Waals surface area contributed by atoms with Crippen LogP contribution in [0.15, 0.2) is 28.7 Å². The second-order valence-corrected chi connectivity index (χ2v) is 5.66. The largest absolute Gasteiger partial charge is 0.754 e. The quantitative estimate of drug-likeness (QED) is 0.511. The molecule has 0 aliphatic rings. The zero-order valence-corrected chi connectivity index (χ0v) is 11.5. The summed E-state index contributed by atoms with van der Waals surface area (Å²) in [5.41, 5.74) is 6.09. The van der Waals surface area contributed by atoms with E-state index in [9.17, 15) is 8.76 Å². The molecule has 1 aromatic carbocycles. The fourth-order valence-corrected chi connectivity index (χ4v) is 1.49. The van der Waals surface area contributed by atoms with Gasteiger partial charge in [0.15, 0.2) is 0 Å². The molecule has 0 amide bonds. The molecule has 0 heterocycles. The first-order valence-corrected chi connectivity index (χ1v) is 6.48. The number of para-hydroxylation sites is 1. The van der Waals surface area contributed by atoms with Crippen LogP contribution in [0.5, 0.6) is 5.75 Å². The Morgan fingerprint density at radius 1 is 1.44 bits per heavy atom. The minimum Gasteiger partial charge on any atom is -0.754 e. The van der Waals surface area contributed by atoms with Crippen LogP contribution < -0.4 is 10.5 Å². The Labute approximate surface area is 109 Å². The van der Waals surface area contributed by atoms with Gasteiger partial charge < -0.3 is 15.0 Å². The Balaban J connectivity index is 2.96. The molecule has 2 N–H and O–H groups in total. The van der Waals surface area contributed by atoms with Gasteiger partial charge in [0.05, 0.1) is 23.4 Å². The summed E-state index contributed by atoms with van der Waals surface area (Å²) in [4.78, 5) is 0. The van der Waals surface area contributed by atoms with Crippen molar-refractivity contribution in [1.82, 2.24) is 0 Å². The molecule has 1 aromatic rings. The molecule has 0 saturated carbocycles. The number of benzene rings is 1. The first-order valence-electron chi connectivity index (χ1n) is 5.45. The molecule has 1 atom stereocenters. The number of rotatable bonds is 4. The Hall–Kier alpha value is -1.40. The van der Waals surface area contributed by atoms with Crippen molar-refractivity contribution in [3.8, 4) is 5.75 Å². The maximum atomic E-state index is 10.5. The van der Waals surface area contributed by atoms with E-state index >= 15 is 0 Å². The van der Waals surface area contributed by atoms with E-state index in [4.69, 9.17) is 10.5 Å². The average Bonchev–Trinajstić information content (AvgIpc) is 2.25. The lowest BCUT2D eigenvalue weighted by Crippen LogP contribution is -2.20. The molecule has 0 spiro atoms. The predicted molar refractivity (Wildman–Crippen MR) is 71.0 cm³/mol. The van der Waals surface area contributed by atoms with E-state index in [-0.39, 0.29) is 11.3 Å². The Morgan fingerprint density at radius 2 is 2.06 bits per heavy atom. The third-order valence-corrected chi connectivity index (χ3v) is 2.34. The van der Waals surface area contributed by atoms with Crippen LogP contribution in [0, 0.1) is 5.41 Å². The van der Waals surface area contributed by atoms with Crippen molar-refractivity contribution < 1.29 is 13.5 Å². The molecule has 0 aromatic heterocycles. The molecular weight excluding hydrogens is 252 g/mol. The van der Waals surface area contributed by atoms with Crippen LogP contribution in [0.25, 0.3) is 0 Å². The zero-order valence-electron chi connectivity index (χ0n) is 10.7. The van der Waals surface area contributed by atoms with Gasteiger partial charge >= 0.3 is 0 Å². The molecule has 1 unspecified atom stereocenters. The normalized spacial score (nSPS) is 14.3. The summed E-state index contributed by atoms with van der Waals surface area (Å²) >= 11 is -2.57. The van der Waals surface area contributed by atoms with Crippen molar-refractivity contribution in [2.24, 2.45) is 15.5 Å². The highest BCUT2D eigenvalue weighted by atomic mass is 32.2. The lowest BCUT2D eigenvalue weighted by molar-refractivity contribution is 0.197. The fraction of sp³-hybridized carbons (Fsp3) is 0.417.